The summed E-state index contributed by atoms with van der Waals surface area (Å²) >= 11 is 2.38. The average Bonchev–Trinajstić information content (AvgIpc) is 2.65. The molecule has 0 radical (unpaired) electrons. The summed E-state index contributed by atoms with van der Waals surface area (Å²) in [7, 11) is -0.446. The fraction of sp³-hybridized carbons (Fsp3) is 0.182. The lowest BCUT2D eigenvalue weighted by Gasteiger charge is -2.18. The standard InChI is InChI=1S/C18H15P.C4H9I/c1-4-10-16(11-5-1)19(17-12-6-2-7-13-17)18-14-8-3-9-15-18;1-4(2)3-5/h1-15H;4H,3H2,1-2H3. The summed E-state index contributed by atoms with van der Waals surface area (Å²) in [4.78, 5) is 0. The first-order valence-corrected chi connectivity index (χ1v) is 11.1. The highest BCUT2D eigenvalue weighted by Crippen LogP contribution is 2.32. The normalized spacial score (nSPS) is 10.4. The second-order valence-corrected chi connectivity index (χ2v) is 8.99. The summed E-state index contributed by atoms with van der Waals surface area (Å²) in [5.74, 6) is 0.871. The Balaban J connectivity index is 0.000000368. The minimum absolute atomic E-state index is 0.446. The van der Waals surface area contributed by atoms with E-state index in [-0.39, 0.29) is 0 Å². The fourth-order valence-corrected chi connectivity index (χ4v) is 4.48. The second-order valence-electron chi connectivity index (χ2n) is 5.89. The zero-order chi connectivity index (χ0) is 17.2. The quantitative estimate of drug-likeness (QED) is 0.281. The lowest BCUT2D eigenvalue weighted by atomic mass is 10.3. The zero-order valence-corrected chi connectivity index (χ0v) is 17.3. The van der Waals surface area contributed by atoms with Gasteiger partial charge < -0.3 is 0 Å². The molecule has 0 aliphatic rings. The molecule has 0 aliphatic carbocycles. The van der Waals surface area contributed by atoms with Gasteiger partial charge in [0.2, 0.25) is 0 Å². The van der Waals surface area contributed by atoms with Crippen LogP contribution in [0.25, 0.3) is 0 Å². The number of benzene rings is 3. The van der Waals surface area contributed by atoms with Crippen molar-refractivity contribution < 1.29 is 0 Å². The van der Waals surface area contributed by atoms with Gasteiger partial charge in [0.25, 0.3) is 0 Å². The number of rotatable bonds is 4. The molecule has 0 saturated carbocycles. The third-order valence-corrected chi connectivity index (χ3v) is 7.56. The first-order valence-electron chi connectivity index (χ1n) is 8.23. The van der Waals surface area contributed by atoms with Crippen LogP contribution in [0.5, 0.6) is 0 Å². The van der Waals surface area contributed by atoms with Crippen LogP contribution in [-0.4, -0.2) is 4.43 Å². The van der Waals surface area contributed by atoms with Gasteiger partial charge in [-0.15, -0.1) is 0 Å². The zero-order valence-electron chi connectivity index (χ0n) is 14.3. The maximum atomic E-state index is 2.38. The molecule has 3 aromatic rings. The molecule has 124 valence electrons. The first-order chi connectivity index (χ1) is 11.7. The molecule has 2 heteroatoms. The van der Waals surface area contributed by atoms with Crippen LogP contribution in [0.15, 0.2) is 91.0 Å². The highest BCUT2D eigenvalue weighted by atomic mass is 127. The lowest BCUT2D eigenvalue weighted by Crippen LogP contribution is -2.20. The number of halogens is 1. The molecule has 0 heterocycles. The molecule has 0 N–H and O–H groups in total. The number of alkyl halides is 1. The highest BCUT2D eigenvalue weighted by Gasteiger charge is 2.14. The van der Waals surface area contributed by atoms with Crippen molar-refractivity contribution in [3.8, 4) is 0 Å². The Labute approximate surface area is 161 Å². The Kier molecular flexibility index (Phi) is 8.49. The van der Waals surface area contributed by atoms with Crippen LogP contribution in [0.4, 0.5) is 0 Å². The van der Waals surface area contributed by atoms with Crippen molar-refractivity contribution in [3.63, 3.8) is 0 Å². The molecule has 0 spiro atoms. The van der Waals surface area contributed by atoms with Gasteiger partial charge in [0.15, 0.2) is 0 Å². The monoisotopic (exact) mass is 446 g/mol. The molecular weight excluding hydrogens is 422 g/mol. The van der Waals surface area contributed by atoms with E-state index < -0.39 is 7.92 Å². The summed E-state index contributed by atoms with van der Waals surface area (Å²) in [5.41, 5.74) is 0. The summed E-state index contributed by atoms with van der Waals surface area (Å²) in [6.45, 7) is 4.43. The Morgan fingerprint density at radius 3 is 1.08 bits per heavy atom. The van der Waals surface area contributed by atoms with Crippen LogP contribution in [0.1, 0.15) is 13.8 Å². The largest absolute Gasteiger partial charge is 0.0861 e. The third-order valence-electron chi connectivity index (χ3n) is 3.35. The van der Waals surface area contributed by atoms with Gasteiger partial charge in [-0.2, -0.15) is 0 Å². The first kappa shape index (κ1) is 19.1. The molecule has 3 aromatic carbocycles. The van der Waals surface area contributed by atoms with Crippen LogP contribution in [0.2, 0.25) is 0 Å². The molecule has 0 aliphatic heterocycles. The van der Waals surface area contributed by atoms with E-state index in [1.807, 2.05) is 0 Å². The Morgan fingerprint density at radius 1 is 0.625 bits per heavy atom. The molecule has 24 heavy (non-hydrogen) atoms. The fourth-order valence-electron chi connectivity index (χ4n) is 2.18. The Hall–Kier alpha value is -1.18. The molecule has 0 unspecified atom stereocenters. The summed E-state index contributed by atoms with van der Waals surface area (Å²) < 4.78 is 1.28. The summed E-state index contributed by atoms with van der Waals surface area (Å²) in [6, 6.07) is 32.3. The maximum absolute atomic E-state index is 2.38. The van der Waals surface area contributed by atoms with Crippen molar-refractivity contribution >= 4 is 46.4 Å². The van der Waals surface area contributed by atoms with Crippen molar-refractivity contribution in [1.29, 1.82) is 0 Å². The molecule has 0 fully saturated rings. The van der Waals surface area contributed by atoms with Crippen LogP contribution in [0, 0.1) is 5.92 Å². The highest BCUT2D eigenvalue weighted by molar-refractivity contribution is 14.1. The Morgan fingerprint density at radius 2 is 0.875 bits per heavy atom. The van der Waals surface area contributed by atoms with Crippen molar-refractivity contribution in [1.82, 2.24) is 0 Å². The van der Waals surface area contributed by atoms with E-state index in [0.717, 1.165) is 5.92 Å². The lowest BCUT2D eigenvalue weighted by molar-refractivity contribution is 0.763. The van der Waals surface area contributed by atoms with Gasteiger partial charge in [-0.25, -0.2) is 0 Å². The van der Waals surface area contributed by atoms with E-state index in [0.29, 0.717) is 0 Å². The van der Waals surface area contributed by atoms with Crippen molar-refractivity contribution in [2.45, 2.75) is 13.8 Å². The minimum atomic E-state index is -0.446. The smallest absolute Gasteiger partial charge is 0.00184 e. The van der Waals surface area contributed by atoms with Crippen LogP contribution >= 0.6 is 30.5 Å². The van der Waals surface area contributed by atoms with Gasteiger partial charge in [0.05, 0.1) is 0 Å². The van der Waals surface area contributed by atoms with Crippen LogP contribution in [0.3, 0.4) is 0 Å². The SMILES string of the molecule is CC(C)CI.c1ccc(P(c2ccccc2)c2ccccc2)cc1. The van der Waals surface area contributed by atoms with E-state index in [9.17, 15) is 0 Å². The van der Waals surface area contributed by atoms with Gasteiger partial charge in [0, 0.05) is 4.43 Å². The van der Waals surface area contributed by atoms with Gasteiger partial charge in [-0.05, 0) is 29.8 Å². The Bertz CT molecular complexity index is 587. The molecule has 0 bridgehead atoms. The molecular formula is C22H24IP. The van der Waals surface area contributed by atoms with E-state index >= 15 is 0 Å². The maximum Gasteiger partial charge on any atom is 0.00184 e. The molecule has 0 nitrogen and oxygen atoms in total. The van der Waals surface area contributed by atoms with E-state index in [1.165, 1.54) is 20.3 Å². The molecule has 0 saturated heterocycles. The molecule has 0 amide bonds. The minimum Gasteiger partial charge on any atom is -0.0861 e. The van der Waals surface area contributed by atoms with Gasteiger partial charge in [0.1, 0.15) is 0 Å². The molecule has 0 atom stereocenters. The van der Waals surface area contributed by atoms with Gasteiger partial charge >= 0.3 is 0 Å². The van der Waals surface area contributed by atoms with Gasteiger partial charge in [-0.1, -0.05) is 127 Å². The topological polar surface area (TPSA) is 0 Å². The predicted molar refractivity (Wildman–Crippen MR) is 119 cm³/mol. The third kappa shape index (κ3) is 6.03. The predicted octanol–water partition coefficient (Wildman–Crippen LogP) is 5.52. The summed E-state index contributed by atoms with van der Waals surface area (Å²) in [6.07, 6.45) is 0. The van der Waals surface area contributed by atoms with E-state index in [2.05, 4.69) is 127 Å². The number of hydrogen-bond acceptors (Lipinski definition) is 0. The number of hydrogen-bond donors (Lipinski definition) is 0. The van der Waals surface area contributed by atoms with Gasteiger partial charge in [-0.3, -0.25) is 0 Å². The van der Waals surface area contributed by atoms with E-state index in [1.54, 1.807) is 0 Å². The second kappa shape index (κ2) is 10.6. The van der Waals surface area contributed by atoms with E-state index in [4.69, 9.17) is 0 Å². The van der Waals surface area contributed by atoms with Crippen molar-refractivity contribution in [3.05, 3.63) is 91.0 Å². The average molecular weight is 446 g/mol. The summed E-state index contributed by atoms with van der Waals surface area (Å²) in [5, 5.41) is 4.19. The van der Waals surface area contributed by atoms with Crippen molar-refractivity contribution in [2.24, 2.45) is 5.92 Å². The van der Waals surface area contributed by atoms with Crippen LogP contribution < -0.4 is 15.9 Å². The van der Waals surface area contributed by atoms with Crippen molar-refractivity contribution in [2.75, 3.05) is 4.43 Å². The molecule has 0 aromatic heterocycles. The molecule has 3 rings (SSSR count). The van der Waals surface area contributed by atoms with Crippen LogP contribution in [-0.2, 0) is 0 Å².